The number of aromatic nitrogens is 2. The van der Waals surface area contributed by atoms with E-state index in [1.165, 1.54) is 31.5 Å². The molecular formula is C21H19N3O5S. The van der Waals surface area contributed by atoms with Crippen LogP contribution in [0.3, 0.4) is 0 Å². The highest BCUT2D eigenvalue weighted by Crippen LogP contribution is 2.33. The van der Waals surface area contributed by atoms with Crippen LogP contribution in [0, 0.1) is 0 Å². The fourth-order valence-corrected chi connectivity index (χ4v) is 2.92. The van der Waals surface area contributed by atoms with E-state index in [0.29, 0.717) is 17.1 Å². The number of aliphatic carboxylic acids is 1. The van der Waals surface area contributed by atoms with Gasteiger partial charge in [0, 0.05) is 11.8 Å². The van der Waals surface area contributed by atoms with E-state index in [0.717, 1.165) is 11.9 Å². The van der Waals surface area contributed by atoms with Crippen LogP contribution in [0.25, 0.3) is 5.57 Å². The lowest BCUT2D eigenvalue weighted by Gasteiger charge is -2.13. The second-order valence-corrected chi connectivity index (χ2v) is 6.38. The van der Waals surface area contributed by atoms with Gasteiger partial charge in [0.2, 0.25) is 11.8 Å². The topological polar surface area (TPSA) is 103 Å². The van der Waals surface area contributed by atoms with E-state index in [1.54, 1.807) is 24.3 Å². The van der Waals surface area contributed by atoms with Crippen LogP contribution in [0.2, 0.25) is 0 Å². The minimum absolute atomic E-state index is 0.0457. The van der Waals surface area contributed by atoms with Crippen LogP contribution in [0.1, 0.15) is 5.56 Å². The van der Waals surface area contributed by atoms with E-state index in [-0.39, 0.29) is 17.3 Å². The van der Waals surface area contributed by atoms with Crippen LogP contribution in [-0.2, 0) is 9.53 Å². The van der Waals surface area contributed by atoms with E-state index >= 15 is 0 Å². The maximum Gasteiger partial charge on any atom is 0.339 e. The second-order valence-electron chi connectivity index (χ2n) is 5.77. The first-order chi connectivity index (χ1) is 14.6. The Labute approximate surface area is 177 Å². The number of carboxylic acid groups (broad SMARTS) is 1. The van der Waals surface area contributed by atoms with E-state index < -0.39 is 5.97 Å². The molecule has 0 aliphatic carbocycles. The number of ether oxygens (including phenoxy) is 3. The van der Waals surface area contributed by atoms with Crippen molar-refractivity contribution in [2.45, 2.75) is 0 Å². The smallest absolute Gasteiger partial charge is 0.339 e. The van der Waals surface area contributed by atoms with E-state index in [9.17, 15) is 9.90 Å². The number of nitrogens with zero attached hydrogens (tertiary/aromatic N) is 2. The number of hydrogen-bond donors (Lipinski definition) is 2. The van der Waals surface area contributed by atoms with Crippen molar-refractivity contribution in [2.24, 2.45) is 0 Å². The number of nitrogens with one attached hydrogen (secondary N) is 1. The summed E-state index contributed by atoms with van der Waals surface area (Å²) in [6, 6.07) is 15.7. The van der Waals surface area contributed by atoms with Gasteiger partial charge in [0.15, 0.2) is 5.75 Å². The van der Waals surface area contributed by atoms with Crippen LogP contribution >= 0.6 is 11.9 Å². The number of carbonyl (C=O) groups is 1. The molecule has 0 amide bonds. The number of benzene rings is 2. The number of hydrogen-bond acceptors (Lipinski definition) is 8. The Kier molecular flexibility index (Phi) is 7.12. The number of para-hydroxylation sites is 3. The summed E-state index contributed by atoms with van der Waals surface area (Å²) < 4.78 is 19.7. The third-order valence-electron chi connectivity index (χ3n) is 3.79. The van der Waals surface area contributed by atoms with Crippen molar-refractivity contribution in [3.63, 3.8) is 0 Å². The zero-order valence-electron chi connectivity index (χ0n) is 16.2. The molecule has 0 saturated heterocycles. The van der Waals surface area contributed by atoms with Crippen molar-refractivity contribution in [3.05, 3.63) is 72.8 Å². The van der Waals surface area contributed by atoms with Crippen molar-refractivity contribution in [3.8, 4) is 23.3 Å². The SMILES string of the molecule is CO/C=C(/C(=O)O)c1ccccc1Oc1cc(Oc2ccccc2NSC)ncn1. The maximum absolute atomic E-state index is 11.6. The molecule has 2 aromatic carbocycles. The fraction of sp³-hybridized carbons (Fsp3) is 0.0952. The summed E-state index contributed by atoms with van der Waals surface area (Å²) in [5, 5.41) is 9.47. The molecule has 0 saturated carbocycles. The summed E-state index contributed by atoms with van der Waals surface area (Å²) in [5.74, 6) is 0.228. The summed E-state index contributed by atoms with van der Waals surface area (Å²) in [5.41, 5.74) is 1.10. The average molecular weight is 425 g/mol. The highest BCUT2D eigenvalue weighted by molar-refractivity contribution is 7.99. The Balaban J connectivity index is 1.87. The molecule has 1 heterocycles. The summed E-state index contributed by atoms with van der Waals surface area (Å²) in [7, 11) is 1.38. The highest BCUT2D eigenvalue weighted by atomic mass is 32.2. The quantitative estimate of drug-likeness (QED) is 0.284. The average Bonchev–Trinajstić information content (AvgIpc) is 2.74. The normalized spacial score (nSPS) is 10.9. The molecule has 0 unspecified atom stereocenters. The number of carboxylic acids is 1. The fourth-order valence-electron chi connectivity index (χ4n) is 2.53. The van der Waals surface area contributed by atoms with Gasteiger partial charge in [-0.2, -0.15) is 0 Å². The van der Waals surface area contributed by atoms with Gasteiger partial charge in [0.25, 0.3) is 0 Å². The molecule has 0 bridgehead atoms. The van der Waals surface area contributed by atoms with Crippen LogP contribution in [-0.4, -0.2) is 34.4 Å². The van der Waals surface area contributed by atoms with Crippen molar-refractivity contribution < 1.29 is 24.1 Å². The van der Waals surface area contributed by atoms with Gasteiger partial charge in [-0.15, -0.1) is 0 Å². The zero-order valence-corrected chi connectivity index (χ0v) is 17.1. The lowest BCUT2D eigenvalue weighted by atomic mass is 10.1. The van der Waals surface area contributed by atoms with Gasteiger partial charge in [-0.1, -0.05) is 42.3 Å². The molecule has 8 nitrogen and oxygen atoms in total. The van der Waals surface area contributed by atoms with Gasteiger partial charge in [-0.25, -0.2) is 14.8 Å². The van der Waals surface area contributed by atoms with Gasteiger partial charge in [-0.3, -0.25) is 0 Å². The highest BCUT2D eigenvalue weighted by Gasteiger charge is 2.17. The standard InChI is InChI=1S/C21H19N3O5S/c1-27-12-15(21(25)26)14-7-3-5-9-17(14)28-19-11-20(23-13-22-19)29-18-10-6-4-8-16(18)24-30-2/h3-13,24H,1-2H3,(H,25,26)/b15-12+. The first kappa shape index (κ1) is 21.0. The van der Waals surface area contributed by atoms with Gasteiger partial charge >= 0.3 is 5.97 Å². The number of rotatable bonds is 9. The number of methoxy groups -OCH3 is 1. The first-order valence-corrected chi connectivity index (χ1v) is 9.96. The molecule has 30 heavy (non-hydrogen) atoms. The molecule has 0 aliphatic heterocycles. The third kappa shape index (κ3) is 5.21. The molecule has 1 aromatic heterocycles. The van der Waals surface area contributed by atoms with Gasteiger partial charge < -0.3 is 24.0 Å². The lowest BCUT2D eigenvalue weighted by molar-refractivity contribution is -0.130. The minimum atomic E-state index is -1.14. The Morgan fingerprint density at radius 3 is 2.33 bits per heavy atom. The van der Waals surface area contributed by atoms with Crippen LogP contribution in [0.4, 0.5) is 5.69 Å². The van der Waals surface area contributed by atoms with Crippen LogP contribution in [0.15, 0.2) is 67.2 Å². The first-order valence-electron chi connectivity index (χ1n) is 8.73. The minimum Gasteiger partial charge on any atom is -0.503 e. The lowest BCUT2D eigenvalue weighted by Crippen LogP contribution is -2.03. The summed E-state index contributed by atoms with van der Waals surface area (Å²) in [4.78, 5) is 19.8. The summed E-state index contributed by atoms with van der Waals surface area (Å²) >= 11 is 1.44. The van der Waals surface area contributed by atoms with Crippen molar-refractivity contribution in [1.82, 2.24) is 9.97 Å². The Bertz CT molecular complexity index is 1060. The largest absolute Gasteiger partial charge is 0.503 e. The molecule has 3 rings (SSSR count). The van der Waals surface area contributed by atoms with Crippen molar-refractivity contribution in [1.29, 1.82) is 0 Å². The molecule has 154 valence electrons. The molecule has 9 heteroatoms. The van der Waals surface area contributed by atoms with Crippen LogP contribution in [0.5, 0.6) is 23.3 Å². The molecule has 0 spiro atoms. The molecule has 0 fully saturated rings. The van der Waals surface area contributed by atoms with Crippen LogP contribution < -0.4 is 14.2 Å². The Morgan fingerprint density at radius 1 is 1.03 bits per heavy atom. The number of anilines is 1. The predicted octanol–water partition coefficient (Wildman–Crippen LogP) is 4.82. The van der Waals surface area contributed by atoms with Crippen molar-refractivity contribution in [2.75, 3.05) is 18.1 Å². The van der Waals surface area contributed by atoms with E-state index in [4.69, 9.17) is 14.2 Å². The third-order valence-corrected chi connectivity index (χ3v) is 4.21. The Morgan fingerprint density at radius 2 is 1.67 bits per heavy atom. The summed E-state index contributed by atoms with van der Waals surface area (Å²) in [6.07, 6.45) is 4.37. The molecule has 0 atom stereocenters. The Hall–Kier alpha value is -3.72. The second kappa shape index (κ2) is 10.2. The van der Waals surface area contributed by atoms with Gasteiger partial charge in [0.05, 0.1) is 25.1 Å². The maximum atomic E-state index is 11.6. The monoisotopic (exact) mass is 425 g/mol. The molecular weight excluding hydrogens is 406 g/mol. The zero-order chi connectivity index (χ0) is 21.3. The van der Waals surface area contributed by atoms with Gasteiger partial charge in [0.1, 0.15) is 17.6 Å². The molecule has 0 radical (unpaired) electrons. The van der Waals surface area contributed by atoms with Crippen molar-refractivity contribution >= 4 is 29.2 Å². The van der Waals surface area contributed by atoms with Gasteiger partial charge in [-0.05, 0) is 18.2 Å². The molecule has 3 aromatic rings. The molecule has 0 aliphatic rings. The van der Waals surface area contributed by atoms with E-state index in [1.807, 2.05) is 30.5 Å². The van der Waals surface area contributed by atoms with E-state index in [2.05, 4.69) is 14.7 Å². The summed E-state index contributed by atoms with van der Waals surface area (Å²) in [6.45, 7) is 0. The predicted molar refractivity (Wildman–Crippen MR) is 115 cm³/mol. The molecule has 2 N–H and O–H groups in total.